The first-order valence-corrected chi connectivity index (χ1v) is 32.1. The molecule has 0 saturated carbocycles. The first kappa shape index (κ1) is 65.2. The summed E-state index contributed by atoms with van der Waals surface area (Å²) in [5.74, 6) is -8.04. The predicted molar refractivity (Wildman–Crippen MR) is 334 cm³/mol. The Bertz CT molecular complexity index is 3690. The van der Waals surface area contributed by atoms with Crippen LogP contribution >= 0.6 is 57.1 Å². The number of aliphatic carboxylic acids is 3. The Kier molecular flexibility index (Phi) is 24.3. The lowest BCUT2D eigenvalue weighted by Crippen LogP contribution is -2.22. The third-order valence-corrected chi connectivity index (χ3v) is 18.2. The second kappa shape index (κ2) is 32.8. The average molecular weight is 1290 g/mol. The SMILES string of the molecule is COC(=O)C(CC(=O)Nc1nnc(CCCCc2nnc(NC(=O)CC(C(=O)O)c3cccc(-c4cccc(C(CCC(=O)Nc5nnc(CCSCCc6nnc(NC(=O)CCC(C(=O)O)c7ccccc7)s6)s5)C(=O)O)c4)c3)s2)s1)c1ccccc1. The largest absolute Gasteiger partial charge is 0.481 e. The van der Waals surface area contributed by atoms with E-state index < -0.39 is 71.7 Å². The Morgan fingerprint density at radius 2 is 0.784 bits per heavy atom. The van der Waals surface area contributed by atoms with E-state index in [0.29, 0.717) is 103 Å². The van der Waals surface area contributed by atoms with E-state index in [2.05, 4.69) is 62.1 Å². The molecule has 0 bridgehead atoms. The number of benzene rings is 4. The van der Waals surface area contributed by atoms with Crippen molar-refractivity contribution in [2.45, 2.75) is 101 Å². The number of rotatable bonds is 34. The van der Waals surface area contributed by atoms with Gasteiger partial charge >= 0.3 is 23.9 Å². The highest BCUT2D eigenvalue weighted by Crippen LogP contribution is 2.32. The van der Waals surface area contributed by atoms with Crippen LogP contribution in [0.15, 0.2) is 109 Å². The van der Waals surface area contributed by atoms with Crippen LogP contribution in [0.25, 0.3) is 11.1 Å². The van der Waals surface area contributed by atoms with E-state index in [0.717, 1.165) is 10.8 Å². The number of anilines is 4. The van der Waals surface area contributed by atoms with Crippen molar-refractivity contribution in [3.63, 3.8) is 0 Å². The molecule has 7 N–H and O–H groups in total. The van der Waals surface area contributed by atoms with E-state index in [-0.39, 0.29) is 48.3 Å². The maximum absolute atomic E-state index is 13.3. The van der Waals surface area contributed by atoms with E-state index in [9.17, 15) is 53.7 Å². The number of nitrogens with zero attached hydrogens (tertiary/aromatic N) is 8. The number of thioether (sulfide) groups is 1. The second-order valence-electron chi connectivity index (χ2n) is 19.8. The molecule has 0 aliphatic heterocycles. The lowest BCUT2D eigenvalue weighted by molar-refractivity contribution is -0.144. The van der Waals surface area contributed by atoms with Crippen molar-refractivity contribution < 1.29 is 58.4 Å². The zero-order chi connectivity index (χ0) is 62.4. The molecule has 0 aliphatic carbocycles. The van der Waals surface area contributed by atoms with Crippen molar-refractivity contribution in [3.8, 4) is 11.1 Å². The molecule has 4 aromatic carbocycles. The van der Waals surface area contributed by atoms with E-state index in [1.54, 1.807) is 115 Å². The average Bonchev–Trinajstić information content (AvgIpc) is 4.51. The monoisotopic (exact) mass is 1290 g/mol. The van der Waals surface area contributed by atoms with E-state index in [1.807, 2.05) is 6.07 Å². The number of carbonyl (C=O) groups excluding carboxylic acids is 5. The summed E-state index contributed by atoms with van der Waals surface area (Å²) in [6, 6.07) is 31.2. The topological polar surface area (TPSA) is 358 Å². The van der Waals surface area contributed by atoms with Gasteiger partial charge in [-0.1, -0.05) is 155 Å². The highest BCUT2D eigenvalue weighted by atomic mass is 32.2. The van der Waals surface area contributed by atoms with Crippen molar-refractivity contribution in [2.75, 3.05) is 39.9 Å². The van der Waals surface area contributed by atoms with Crippen molar-refractivity contribution in [3.05, 3.63) is 151 Å². The number of carbonyl (C=O) groups is 8. The van der Waals surface area contributed by atoms with Crippen LogP contribution in [0.4, 0.5) is 20.5 Å². The normalized spacial score (nSPS) is 12.5. The fourth-order valence-electron chi connectivity index (χ4n) is 9.15. The number of methoxy groups -OCH3 is 1. The molecule has 8 aromatic rings. The minimum absolute atomic E-state index is 0.00958. The fraction of sp³-hybridized carbons (Fsp3) is 0.322. The molecule has 0 spiro atoms. The van der Waals surface area contributed by atoms with E-state index in [1.165, 1.54) is 52.5 Å². The van der Waals surface area contributed by atoms with Gasteiger partial charge < -0.3 is 41.3 Å². The van der Waals surface area contributed by atoms with E-state index in [4.69, 9.17) is 4.74 Å². The highest BCUT2D eigenvalue weighted by Gasteiger charge is 2.28. The van der Waals surface area contributed by atoms with Crippen molar-refractivity contribution in [1.29, 1.82) is 0 Å². The van der Waals surface area contributed by atoms with Gasteiger partial charge in [0.1, 0.15) is 20.0 Å². The summed E-state index contributed by atoms with van der Waals surface area (Å²) < 4.78 is 4.91. The fourth-order valence-corrected chi connectivity index (χ4v) is 13.4. The Morgan fingerprint density at radius 3 is 1.19 bits per heavy atom. The van der Waals surface area contributed by atoms with Gasteiger partial charge in [0.2, 0.25) is 44.2 Å². The molecule has 4 unspecified atom stereocenters. The van der Waals surface area contributed by atoms with Crippen LogP contribution in [0.3, 0.4) is 0 Å². The molecule has 88 heavy (non-hydrogen) atoms. The third-order valence-electron chi connectivity index (χ3n) is 13.6. The number of aryl methyl sites for hydroxylation is 4. The molecule has 4 aromatic heterocycles. The molecule has 29 heteroatoms. The number of carboxylic acids is 3. The molecule has 0 radical (unpaired) electrons. The summed E-state index contributed by atoms with van der Waals surface area (Å²) in [5.41, 5.74) is 3.28. The molecule has 458 valence electrons. The standard InChI is InChI=1S/C59H60N12O12S5/c1-83-55(82)43(35-14-6-3-7-15-35)33-47(75)63-59-71-65-49(86-59)21-9-8-20-48-64-70-58(85-48)62-46(74)32-42(54(80)81)39-19-11-17-37(31-39)36-16-10-18-38(30-36)41(53(78)79)23-25-45(73)61-57-69-67-51(88-57)27-29-84-28-26-50-66-68-56(87-50)60-44(72)24-22-40(52(76)77)34-12-4-2-5-13-34/h2-7,10-19,30-31,40-43H,8-9,20-29,32-33H2,1H3,(H,76,77)(H,78,79)(H,80,81)(H,60,68,72)(H,61,69,73)(H,62,70,74)(H,63,71,75). The molecule has 4 amide bonds. The number of carboxylic acid groups (broad SMARTS) is 3. The Labute approximate surface area is 524 Å². The Hall–Kier alpha value is -8.77. The molecule has 0 aliphatic rings. The first-order chi connectivity index (χ1) is 42.6. The van der Waals surface area contributed by atoms with Gasteiger partial charge in [0.05, 0.1) is 30.8 Å². The summed E-state index contributed by atoms with van der Waals surface area (Å²) in [5, 5.41) is 78.1. The number of ether oxygens (including phenoxy) is 1. The summed E-state index contributed by atoms with van der Waals surface area (Å²) in [7, 11) is 1.28. The van der Waals surface area contributed by atoms with Gasteiger partial charge in [0, 0.05) is 51.4 Å². The van der Waals surface area contributed by atoms with Gasteiger partial charge in [0.25, 0.3) is 0 Å². The highest BCUT2D eigenvalue weighted by molar-refractivity contribution is 7.99. The lowest BCUT2D eigenvalue weighted by Gasteiger charge is -2.16. The minimum Gasteiger partial charge on any atom is -0.481 e. The van der Waals surface area contributed by atoms with Crippen LogP contribution in [0, 0.1) is 0 Å². The maximum Gasteiger partial charge on any atom is 0.313 e. The number of hydrogen-bond donors (Lipinski definition) is 7. The molecule has 0 saturated heterocycles. The molecule has 0 fully saturated rings. The summed E-state index contributed by atoms with van der Waals surface area (Å²) in [6.45, 7) is 0. The van der Waals surface area contributed by atoms with Crippen LogP contribution in [-0.4, -0.2) is 122 Å². The predicted octanol–water partition coefficient (Wildman–Crippen LogP) is 9.50. The molecule has 24 nitrogen and oxygen atoms in total. The third kappa shape index (κ3) is 19.9. The number of esters is 1. The van der Waals surface area contributed by atoms with Gasteiger partial charge in [-0.05, 0) is 70.6 Å². The summed E-state index contributed by atoms with van der Waals surface area (Å²) in [4.78, 5) is 101. The Balaban J connectivity index is 0.734. The smallest absolute Gasteiger partial charge is 0.313 e. The Morgan fingerprint density at radius 1 is 0.432 bits per heavy atom. The van der Waals surface area contributed by atoms with Gasteiger partial charge in [0.15, 0.2) is 0 Å². The van der Waals surface area contributed by atoms with Crippen LogP contribution < -0.4 is 21.3 Å². The van der Waals surface area contributed by atoms with Crippen LogP contribution in [0.2, 0.25) is 0 Å². The van der Waals surface area contributed by atoms with Crippen molar-refractivity contribution in [2.24, 2.45) is 0 Å². The van der Waals surface area contributed by atoms with Gasteiger partial charge in [-0.3, -0.25) is 38.4 Å². The van der Waals surface area contributed by atoms with Crippen LogP contribution in [0.1, 0.15) is 117 Å². The zero-order valence-corrected chi connectivity index (χ0v) is 51.3. The van der Waals surface area contributed by atoms with Crippen molar-refractivity contribution >= 4 is 125 Å². The molecule has 8 rings (SSSR count). The number of hydrogen-bond acceptors (Lipinski definition) is 22. The zero-order valence-electron chi connectivity index (χ0n) is 47.2. The first-order valence-electron chi connectivity index (χ1n) is 27.7. The van der Waals surface area contributed by atoms with Gasteiger partial charge in [-0.2, -0.15) is 11.8 Å². The summed E-state index contributed by atoms with van der Waals surface area (Å²) >= 11 is 6.56. The number of amides is 4. The number of unbranched alkanes of at least 4 members (excludes halogenated alkanes) is 1. The second-order valence-corrected chi connectivity index (χ2v) is 25.3. The number of aromatic nitrogens is 8. The lowest BCUT2D eigenvalue weighted by atomic mass is 9.89. The van der Waals surface area contributed by atoms with Gasteiger partial charge in [-0.15, -0.1) is 40.8 Å². The molecular weight excluding hydrogens is 1230 g/mol. The quantitative estimate of drug-likeness (QED) is 0.0146. The molecule has 4 atom stereocenters. The van der Waals surface area contributed by atoms with Crippen LogP contribution in [0.5, 0.6) is 0 Å². The molecule has 4 heterocycles. The van der Waals surface area contributed by atoms with Gasteiger partial charge in [-0.25, -0.2) is 0 Å². The number of nitrogens with one attached hydrogen (secondary N) is 4. The molecular formula is C59H60N12O12S5. The van der Waals surface area contributed by atoms with Crippen LogP contribution in [-0.2, 0) is 68.8 Å². The maximum atomic E-state index is 13.3. The summed E-state index contributed by atoms with van der Waals surface area (Å²) in [6.07, 6.45) is 3.22. The minimum atomic E-state index is -1.23. The van der Waals surface area contributed by atoms with Crippen molar-refractivity contribution in [1.82, 2.24) is 40.8 Å². The van der Waals surface area contributed by atoms with E-state index >= 15 is 0 Å².